The maximum Gasteiger partial charge on any atom is 0.255 e. The molecule has 0 radical (unpaired) electrons. The number of rotatable bonds is 6. The summed E-state index contributed by atoms with van der Waals surface area (Å²) >= 11 is 1.49. The molecule has 0 amide bonds. The highest BCUT2D eigenvalue weighted by molar-refractivity contribution is 7.99. The normalized spacial score (nSPS) is 10.6. The fraction of sp³-hybridized carbons (Fsp3) is 0.286. The molecule has 0 unspecified atom stereocenters. The van der Waals surface area contributed by atoms with Crippen LogP contribution in [0.25, 0.3) is 0 Å². The van der Waals surface area contributed by atoms with Gasteiger partial charge in [0.15, 0.2) is 5.78 Å². The van der Waals surface area contributed by atoms with Crippen LogP contribution in [0.15, 0.2) is 40.2 Å². The molecular formula is C14H14FNO2S. The topological polar surface area (TPSA) is 43.1 Å². The van der Waals surface area contributed by atoms with Gasteiger partial charge in [-0.25, -0.2) is 9.37 Å². The maximum atomic E-state index is 12.7. The Labute approximate surface area is 115 Å². The molecule has 0 bridgehead atoms. The summed E-state index contributed by atoms with van der Waals surface area (Å²) in [5, 5.41) is 0.631. The number of nitrogens with zero attached hydrogens (tertiary/aromatic N) is 1. The Morgan fingerprint density at radius 3 is 2.74 bits per heavy atom. The monoisotopic (exact) mass is 279 g/mol. The largest absolute Gasteiger partial charge is 0.440 e. The van der Waals surface area contributed by atoms with E-state index in [2.05, 4.69) is 4.98 Å². The summed E-state index contributed by atoms with van der Waals surface area (Å²) in [5.41, 5.74) is 1.41. The molecule has 5 heteroatoms. The molecule has 1 aromatic heterocycles. The summed E-state index contributed by atoms with van der Waals surface area (Å²) in [7, 11) is 0. The third-order valence-corrected chi connectivity index (χ3v) is 3.47. The summed E-state index contributed by atoms with van der Waals surface area (Å²) in [4.78, 5) is 16.0. The first kappa shape index (κ1) is 13.8. The number of Topliss-reactive ketones (excluding diaryl/α,β-unsaturated/α-hetero) is 1. The first-order valence-corrected chi connectivity index (χ1v) is 6.97. The van der Waals surface area contributed by atoms with Crippen LogP contribution in [-0.4, -0.2) is 16.5 Å². The molecule has 100 valence electrons. The number of aryl methyl sites for hydroxylation is 1. The van der Waals surface area contributed by atoms with Crippen LogP contribution in [0.3, 0.4) is 0 Å². The number of ketones is 1. The summed E-state index contributed by atoms with van der Waals surface area (Å²) in [6, 6.07) is 5.64. The Hall–Kier alpha value is -1.62. The average molecular weight is 279 g/mol. The number of hydrogen-bond acceptors (Lipinski definition) is 4. The van der Waals surface area contributed by atoms with Crippen molar-refractivity contribution in [2.45, 2.75) is 25.0 Å². The zero-order valence-corrected chi connectivity index (χ0v) is 11.4. The fourth-order valence-electron chi connectivity index (χ4n) is 1.57. The minimum atomic E-state index is -0.327. The second-order valence-corrected chi connectivity index (χ2v) is 5.18. The molecule has 0 aliphatic carbocycles. The van der Waals surface area contributed by atoms with E-state index < -0.39 is 0 Å². The Bertz CT molecular complexity index is 551. The first-order chi connectivity index (χ1) is 9.15. The van der Waals surface area contributed by atoms with Crippen molar-refractivity contribution in [3.63, 3.8) is 0 Å². The molecular weight excluding hydrogens is 265 g/mol. The van der Waals surface area contributed by atoms with Gasteiger partial charge in [0.05, 0.1) is 5.69 Å². The van der Waals surface area contributed by atoms with E-state index in [0.29, 0.717) is 17.2 Å². The zero-order chi connectivity index (χ0) is 13.7. The highest BCUT2D eigenvalue weighted by Crippen LogP contribution is 2.18. The zero-order valence-electron chi connectivity index (χ0n) is 10.6. The SMILES string of the molecule is Cc1coc(SCCCC(=O)c2ccc(F)cc2)n1. The third kappa shape index (κ3) is 4.21. The second kappa shape index (κ2) is 6.52. The quantitative estimate of drug-likeness (QED) is 0.457. The van der Waals surface area contributed by atoms with Crippen LogP contribution in [0.4, 0.5) is 4.39 Å². The van der Waals surface area contributed by atoms with Gasteiger partial charge < -0.3 is 4.42 Å². The summed E-state index contributed by atoms with van der Waals surface area (Å²) in [6.45, 7) is 1.87. The minimum Gasteiger partial charge on any atom is -0.440 e. The van der Waals surface area contributed by atoms with Crippen molar-refractivity contribution in [1.82, 2.24) is 4.98 Å². The highest BCUT2D eigenvalue weighted by atomic mass is 32.2. The molecule has 0 aliphatic heterocycles. The van der Waals surface area contributed by atoms with Crippen LogP contribution in [0, 0.1) is 12.7 Å². The Balaban J connectivity index is 1.73. The Morgan fingerprint density at radius 1 is 1.37 bits per heavy atom. The molecule has 0 spiro atoms. The van der Waals surface area contributed by atoms with E-state index in [9.17, 15) is 9.18 Å². The van der Waals surface area contributed by atoms with Crippen molar-refractivity contribution in [2.75, 3.05) is 5.75 Å². The van der Waals surface area contributed by atoms with Gasteiger partial charge in [0.25, 0.3) is 5.22 Å². The molecule has 0 fully saturated rings. The molecule has 1 heterocycles. The fourth-order valence-corrected chi connectivity index (χ4v) is 2.36. The van der Waals surface area contributed by atoms with Crippen molar-refractivity contribution in [3.8, 4) is 0 Å². The van der Waals surface area contributed by atoms with E-state index in [0.717, 1.165) is 17.9 Å². The summed E-state index contributed by atoms with van der Waals surface area (Å²) < 4.78 is 17.9. The van der Waals surface area contributed by atoms with Crippen molar-refractivity contribution in [3.05, 3.63) is 47.6 Å². The molecule has 3 nitrogen and oxygen atoms in total. The van der Waals surface area contributed by atoms with Crippen molar-refractivity contribution < 1.29 is 13.6 Å². The molecule has 2 aromatic rings. The van der Waals surface area contributed by atoms with Crippen LogP contribution in [-0.2, 0) is 0 Å². The molecule has 0 saturated carbocycles. The summed E-state index contributed by atoms with van der Waals surface area (Å²) in [6.07, 6.45) is 2.78. The molecule has 0 atom stereocenters. The number of halogens is 1. The van der Waals surface area contributed by atoms with E-state index in [1.165, 1.54) is 36.0 Å². The van der Waals surface area contributed by atoms with Crippen LogP contribution >= 0.6 is 11.8 Å². The van der Waals surface area contributed by atoms with Crippen LogP contribution in [0.1, 0.15) is 28.9 Å². The molecule has 0 aliphatic rings. The standard InChI is InChI=1S/C14H14FNO2S/c1-10-9-18-14(16-10)19-8-2-3-13(17)11-4-6-12(15)7-5-11/h4-7,9H,2-3,8H2,1H3. The first-order valence-electron chi connectivity index (χ1n) is 5.99. The Morgan fingerprint density at radius 2 is 2.11 bits per heavy atom. The van der Waals surface area contributed by atoms with Gasteiger partial charge >= 0.3 is 0 Å². The van der Waals surface area contributed by atoms with Gasteiger partial charge in [-0.05, 0) is 37.6 Å². The molecule has 19 heavy (non-hydrogen) atoms. The summed E-state index contributed by atoms with van der Waals surface area (Å²) in [5.74, 6) is 0.475. The van der Waals surface area contributed by atoms with Gasteiger partial charge in [0.2, 0.25) is 0 Å². The molecule has 0 N–H and O–H groups in total. The van der Waals surface area contributed by atoms with Crippen LogP contribution in [0.5, 0.6) is 0 Å². The number of benzene rings is 1. The smallest absolute Gasteiger partial charge is 0.255 e. The number of aromatic nitrogens is 1. The van der Waals surface area contributed by atoms with Crippen molar-refractivity contribution in [1.29, 1.82) is 0 Å². The van der Waals surface area contributed by atoms with Gasteiger partial charge in [-0.2, -0.15) is 0 Å². The lowest BCUT2D eigenvalue weighted by Gasteiger charge is -2.00. The third-order valence-electron chi connectivity index (χ3n) is 2.54. The van der Waals surface area contributed by atoms with E-state index in [-0.39, 0.29) is 11.6 Å². The molecule has 2 rings (SSSR count). The minimum absolute atomic E-state index is 0.0317. The lowest BCUT2D eigenvalue weighted by atomic mass is 10.1. The number of hydrogen-bond donors (Lipinski definition) is 0. The van der Waals surface area contributed by atoms with Crippen LogP contribution < -0.4 is 0 Å². The van der Waals surface area contributed by atoms with E-state index in [1.54, 1.807) is 6.26 Å². The number of carbonyl (C=O) groups excluding carboxylic acids is 1. The van der Waals surface area contributed by atoms with Crippen molar-refractivity contribution >= 4 is 17.5 Å². The number of carbonyl (C=O) groups is 1. The highest BCUT2D eigenvalue weighted by Gasteiger charge is 2.07. The van der Waals surface area contributed by atoms with Crippen LogP contribution in [0.2, 0.25) is 0 Å². The predicted octanol–water partition coefficient (Wildman–Crippen LogP) is 3.88. The van der Waals surface area contributed by atoms with Gasteiger partial charge in [-0.1, -0.05) is 11.8 Å². The van der Waals surface area contributed by atoms with E-state index in [4.69, 9.17) is 4.42 Å². The van der Waals surface area contributed by atoms with Gasteiger partial charge in [-0.3, -0.25) is 4.79 Å². The van der Waals surface area contributed by atoms with Gasteiger partial charge in [-0.15, -0.1) is 0 Å². The molecule has 1 aromatic carbocycles. The Kier molecular flexibility index (Phi) is 4.74. The second-order valence-electron chi connectivity index (χ2n) is 4.14. The average Bonchev–Trinajstić information content (AvgIpc) is 2.81. The van der Waals surface area contributed by atoms with Gasteiger partial charge in [0.1, 0.15) is 12.1 Å². The lowest BCUT2D eigenvalue weighted by Crippen LogP contribution is -1.99. The number of oxazole rings is 1. The van der Waals surface area contributed by atoms with E-state index >= 15 is 0 Å². The number of thioether (sulfide) groups is 1. The predicted molar refractivity (Wildman–Crippen MR) is 71.9 cm³/mol. The van der Waals surface area contributed by atoms with Gasteiger partial charge in [0, 0.05) is 17.7 Å². The van der Waals surface area contributed by atoms with E-state index in [1.807, 2.05) is 6.92 Å². The molecule has 0 saturated heterocycles. The lowest BCUT2D eigenvalue weighted by molar-refractivity contribution is 0.0982. The maximum absolute atomic E-state index is 12.7. The van der Waals surface area contributed by atoms with Crippen molar-refractivity contribution in [2.24, 2.45) is 0 Å².